The molecule has 0 spiro atoms. The summed E-state index contributed by atoms with van der Waals surface area (Å²) < 4.78 is 7.39. The lowest BCUT2D eigenvalue weighted by atomic mass is 10.1. The van der Waals surface area contributed by atoms with E-state index in [4.69, 9.17) is 4.74 Å². The van der Waals surface area contributed by atoms with Crippen LogP contribution < -0.4 is 0 Å². The van der Waals surface area contributed by atoms with Crippen LogP contribution in [0.3, 0.4) is 0 Å². The number of nitrogens with zero attached hydrogens (tertiary/aromatic N) is 5. The van der Waals surface area contributed by atoms with Gasteiger partial charge in [0.25, 0.3) is 5.91 Å². The summed E-state index contributed by atoms with van der Waals surface area (Å²) >= 11 is 0. The molecule has 0 bridgehead atoms. The number of amides is 1. The molecule has 7 nitrogen and oxygen atoms in total. The number of methoxy groups -OCH3 is 1. The highest BCUT2D eigenvalue weighted by atomic mass is 16.5. The molecule has 1 aromatic carbocycles. The van der Waals surface area contributed by atoms with Gasteiger partial charge in [-0.15, -0.1) is 10.2 Å². The van der Waals surface area contributed by atoms with Crippen LogP contribution >= 0.6 is 0 Å². The van der Waals surface area contributed by atoms with Crippen LogP contribution in [0.2, 0.25) is 0 Å². The van der Waals surface area contributed by atoms with Crippen molar-refractivity contribution in [2.45, 2.75) is 38.6 Å². The summed E-state index contributed by atoms with van der Waals surface area (Å²) in [4.78, 5) is 19.1. The van der Waals surface area contributed by atoms with Gasteiger partial charge in [-0.3, -0.25) is 4.79 Å². The second-order valence-electron chi connectivity index (χ2n) is 7.29. The standard InChI is InChI=1S/C20H25N5O2/c1-13-21-19-18(25(13)15-6-4-5-7-15)16-12-14(8-9-17(16)22-23-19)20(26)24(2)10-11-27-3/h8-9,12,15H,4-7,10-11H2,1-3H3. The summed E-state index contributed by atoms with van der Waals surface area (Å²) in [5.74, 6) is 0.940. The van der Waals surface area contributed by atoms with Crippen LogP contribution in [-0.2, 0) is 4.74 Å². The molecule has 0 N–H and O–H groups in total. The zero-order chi connectivity index (χ0) is 19.0. The number of likely N-dealkylation sites (N-methyl/N-ethyl adjacent to an activating group) is 1. The van der Waals surface area contributed by atoms with E-state index >= 15 is 0 Å². The van der Waals surface area contributed by atoms with Crippen molar-refractivity contribution in [1.82, 2.24) is 24.6 Å². The van der Waals surface area contributed by atoms with Crippen molar-refractivity contribution in [2.24, 2.45) is 0 Å². The first-order valence-corrected chi connectivity index (χ1v) is 9.49. The lowest BCUT2D eigenvalue weighted by Gasteiger charge is -2.18. The zero-order valence-electron chi connectivity index (χ0n) is 16.1. The minimum absolute atomic E-state index is 0.0254. The Labute approximate surface area is 158 Å². The molecule has 0 unspecified atom stereocenters. The minimum atomic E-state index is -0.0254. The molecule has 1 aliphatic carbocycles. The lowest BCUT2D eigenvalue weighted by Crippen LogP contribution is -2.29. The molecule has 1 aliphatic rings. The van der Waals surface area contributed by atoms with E-state index in [0.717, 1.165) is 35.1 Å². The van der Waals surface area contributed by atoms with E-state index in [1.165, 1.54) is 12.8 Å². The SMILES string of the molecule is COCCN(C)C(=O)c1ccc2nnc3nc(C)n(C4CCCC4)c3c2c1. The van der Waals surface area contributed by atoms with Gasteiger partial charge in [0, 0.05) is 37.7 Å². The van der Waals surface area contributed by atoms with Gasteiger partial charge in [-0.05, 0) is 38.0 Å². The van der Waals surface area contributed by atoms with Crippen LogP contribution in [0.5, 0.6) is 0 Å². The van der Waals surface area contributed by atoms with E-state index in [9.17, 15) is 4.79 Å². The predicted octanol–water partition coefficient (Wildman–Crippen LogP) is 3.12. The zero-order valence-corrected chi connectivity index (χ0v) is 16.1. The number of imidazole rings is 1. The van der Waals surface area contributed by atoms with Gasteiger partial charge in [0.05, 0.1) is 17.6 Å². The second-order valence-corrected chi connectivity index (χ2v) is 7.29. The molecule has 1 saturated carbocycles. The van der Waals surface area contributed by atoms with Gasteiger partial charge in [-0.2, -0.15) is 0 Å². The van der Waals surface area contributed by atoms with E-state index in [0.29, 0.717) is 30.4 Å². The maximum absolute atomic E-state index is 12.8. The number of benzene rings is 1. The fourth-order valence-corrected chi connectivity index (χ4v) is 4.06. The van der Waals surface area contributed by atoms with Gasteiger partial charge in [-0.1, -0.05) is 12.8 Å². The summed E-state index contributed by atoms with van der Waals surface area (Å²) in [5, 5.41) is 9.58. The molecule has 3 aromatic rings. The van der Waals surface area contributed by atoms with E-state index in [1.54, 1.807) is 19.1 Å². The number of fused-ring (bicyclic) bond motifs is 3. The summed E-state index contributed by atoms with van der Waals surface area (Å²) in [6.45, 7) is 3.09. The number of aromatic nitrogens is 4. The highest BCUT2D eigenvalue weighted by Crippen LogP contribution is 2.35. The molecule has 27 heavy (non-hydrogen) atoms. The normalized spacial score (nSPS) is 15.1. The molecule has 142 valence electrons. The Hall–Kier alpha value is -2.54. The Kier molecular flexibility index (Phi) is 4.78. The predicted molar refractivity (Wildman–Crippen MR) is 104 cm³/mol. The van der Waals surface area contributed by atoms with Crippen molar-refractivity contribution < 1.29 is 9.53 Å². The van der Waals surface area contributed by atoms with Crippen molar-refractivity contribution in [3.05, 3.63) is 29.6 Å². The molecule has 4 rings (SSSR count). The van der Waals surface area contributed by atoms with E-state index in [1.807, 2.05) is 25.1 Å². The monoisotopic (exact) mass is 367 g/mol. The van der Waals surface area contributed by atoms with Crippen molar-refractivity contribution in [3.63, 3.8) is 0 Å². The summed E-state index contributed by atoms with van der Waals surface area (Å²) in [5.41, 5.74) is 3.09. The fraction of sp³-hybridized carbons (Fsp3) is 0.500. The van der Waals surface area contributed by atoms with Gasteiger partial charge in [0.15, 0.2) is 0 Å². The topological polar surface area (TPSA) is 73.1 Å². The average molecular weight is 367 g/mol. The molecule has 0 atom stereocenters. The average Bonchev–Trinajstić information content (AvgIpc) is 3.31. The van der Waals surface area contributed by atoms with Crippen LogP contribution in [0.25, 0.3) is 22.1 Å². The number of rotatable bonds is 5. The molecule has 2 aromatic heterocycles. The maximum Gasteiger partial charge on any atom is 0.253 e. The molecule has 2 heterocycles. The van der Waals surface area contributed by atoms with Crippen LogP contribution in [0.4, 0.5) is 0 Å². The van der Waals surface area contributed by atoms with Gasteiger partial charge in [0.2, 0.25) is 5.65 Å². The first-order chi connectivity index (χ1) is 13.1. The van der Waals surface area contributed by atoms with Gasteiger partial charge < -0.3 is 14.2 Å². The third kappa shape index (κ3) is 3.16. The third-order valence-electron chi connectivity index (χ3n) is 5.49. The summed E-state index contributed by atoms with van der Waals surface area (Å²) in [6, 6.07) is 6.08. The highest BCUT2D eigenvalue weighted by molar-refractivity contribution is 6.05. The highest BCUT2D eigenvalue weighted by Gasteiger charge is 2.24. The molecule has 0 aliphatic heterocycles. The van der Waals surface area contributed by atoms with Crippen molar-refractivity contribution in [1.29, 1.82) is 0 Å². The molecule has 1 amide bonds. The summed E-state index contributed by atoms with van der Waals surface area (Å²) in [7, 11) is 3.43. The fourth-order valence-electron chi connectivity index (χ4n) is 4.06. The van der Waals surface area contributed by atoms with Gasteiger partial charge in [0.1, 0.15) is 5.82 Å². The van der Waals surface area contributed by atoms with E-state index in [-0.39, 0.29) is 5.91 Å². The number of carbonyl (C=O) groups is 1. The number of aryl methyl sites for hydroxylation is 1. The van der Waals surface area contributed by atoms with Crippen LogP contribution in [0.1, 0.15) is 47.9 Å². The summed E-state index contributed by atoms with van der Waals surface area (Å²) in [6.07, 6.45) is 4.81. The molecular weight excluding hydrogens is 342 g/mol. The number of hydrogen-bond acceptors (Lipinski definition) is 5. The molecule has 0 radical (unpaired) electrons. The quantitative estimate of drug-likeness (QED) is 0.693. The van der Waals surface area contributed by atoms with E-state index < -0.39 is 0 Å². The Balaban J connectivity index is 1.84. The van der Waals surface area contributed by atoms with Crippen LogP contribution in [-0.4, -0.2) is 57.9 Å². The lowest BCUT2D eigenvalue weighted by molar-refractivity contribution is 0.0744. The molecule has 1 fully saturated rings. The van der Waals surface area contributed by atoms with Crippen molar-refractivity contribution in [3.8, 4) is 0 Å². The Morgan fingerprint density at radius 2 is 2.07 bits per heavy atom. The molecule has 0 saturated heterocycles. The number of hydrogen-bond donors (Lipinski definition) is 0. The minimum Gasteiger partial charge on any atom is -0.383 e. The first-order valence-electron chi connectivity index (χ1n) is 9.49. The number of carbonyl (C=O) groups excluding carboxylic acids is 1. The third-order valence-corrected chi connectivity index (χ3v) is 5.49. The largest absolute Gasteiger partial charge is 0.383 e. The van der Waals surface area contributed by atoms with Gasteiger partial charge in [-0.25, -0.2) is 4.98 Å². The van der Waals surface area contributed by atoms with Crippen LogP contribution in [0.15, 0.2) is 18.2 Å². The van der Waals surface area contributed by atoms with Crippen LogP contribution in [0, 0.1) is 6.92 Å². The number of ether oxygens (including phenoxy) is 1. The second kappa shape index (κ2) is 7.23. The first kappa shape index (κ1) is 17.9. The van der Waals surface area contributed by atoms with Crippen molar-refractivity contribution in [2.75, 3.05) is 27.3 Å². The van der Waals surface area contributed by atoms with Crippen molar-refractivity contribution >= 4 is 28.0 Å². The molecular formula is C20H25N5O2. The maximum atomic E-state index is 12.8. The van der Waals surface area contributed by atoms with Gasteiger partial charge >= 0.3 is 0 Å². The Morgan fingerprint density at radius 3 is 2.81 bits per heavy atom. The Morgan fingerprint density at radius 1 is 1.30 bits per heavy atom. The molecule has 7 heteroatoms. The Bertz CT molecular complexity index is 991. The van der Waals surface area contributed by atoms with E-state index in [2.05, 4.69) is 19.7 Å². The smallest absolute Gasteiger partial charge is 0.253 e.